The van der Waals surface area contributed by atoms with Gasteiger partial charge in [0.1, 0.15) is 0 Å². The number of nitrogens with one attached hydrogen (secondary N) is 2. The number of hydrogen-bond donors (Lipinski definition) is 8. The van der Waals surface area contributed by atoms with E-state index < -0.39 is 37.5 Å². The fourth-order valence-corrected chi connectivity index (χ4v) is 3.22. The van der Waals surface area contributed by atoms with Crippen LogP contribution in [-0.2, 0) is 0 Å². The molecule has 27 heavy (non-hydrogen) atoms. The molecule has 0 aromatic rings. The molecule has 0 aromatic heterocycles. The van der Waals surface area contributed by atoms with E-state index in [2.05, 4.69) is 10.6 Å². The number of aliphatic hydroxyl groups excluding tert-OH is 6. The summed E-state index contributed by atoms with van der Waals surface area (Å²) >= 11 is 0. The number of hydrogen-bond acceptors (Lipinski definition) is 10. The van der Waals surface area contributed by atoms with Crippen molar-refractivity contribution in [1.82, 2.24) is 20.4 Å². The molecule has 8 N–H and O–H groups in total. The first kappa shape index (κ1) is 26.6. The monoisotopic (exact) mass is 396 g/mol. The third kappa shape index (κ3) is 9.09. The molecular weight excluding hydrogens is 356 g/mol. The van der Waals surface area contributed by atoms with Crippen LogP contribution in [-0.4, -0.2) is 144 Å². The van der Waals surface area contributed by atoms with Crippen LogP contribution in [0.15, 0.2) is 0 Å². The zero-order chi connectivity index (χ0) is 19.4. The highest BCUT2D eigenvalue weighted by atomic mass is 16.3. The second-order valence-corrected chi connectivity index (χ2v) is 6.57. The predicted molar refractivity (Wildman–Crippen MR) is 104 cm³/mol. The maximum Gasteiger partial charge on any atom is 0.0947 e. The largest absolute Gasteiger partial charge is 0.395 e. The molecule has 1 saturated heterocycles. The summed E-state index contributed by atoms with van der Waals surface area (Å²) in [5.74, 6) is 0. The van der Waals surface area contributed by atoms with Crippen LogP contribution in [0.3, 0.4) is 0 Å². The quantitative estimate of drug-likeness (QED) is 0.203. The van der Waals surface area contributed by atoms with Crippen LogP contribution in [0.2, 0.25) is 0 Å². The van der Waals surface area contributed by atoms with Crippen molar-refractivity contribution in [3.05, 3.63) is 0 Å². The van der Waals surface area contributed by atoms with Crippen LogP contribution in [0.4, 0.5) is 0 Å². The molecule has 0 saturated carbocycles. The number of nitrogens with zero attached hydrogens (tertiary/aromatic N) is 2. The molecule has 0 radical (unpaired) electrons. The molecule has 4 atom stereocenters. The first-order valence-electron chi connectivity index (χ1n) is 9.28. The summed E-state index contributed by atoms with van der Waals surface area (Å²) in [6, 6.07) is -1.19. The zero-order valence-electron chi connectivity index (χ0n) is 15.4. The molecule has 1 fully saturated rings. The van der Waals surface area contributed by atoms with Gasteiger partial charge in [-0.05, 0) is 0 Å². The molecule has 1 rings (SSSR count). The van der Waals surface area contributed by atoms with Gasteiger partial charge in [0.05, 0.1) is 50.7 Å². The molecule has 1 aliphatic heterocycles. The Bertz CT molecular complexity index is 323. The molecule has 1 heterocycles. The lowest BCUT2D eigenvalue weighted by Crippen LogP contribution is -2.56. The Labute approximate surface area is 162 Å². The van der Waals surface area contributed by atoms with Gasteiger partial charge in [-0.15, -0.1) is 0 Å². The van der Waals surface area contributed by atoms with Crippen LogP contribution in [0, 0.1) is 0 Å². The molecule has 164 valence electrons. The molecule has 0 aromatic carbocycles. The van der Waals surface area contributed by atoms with E-state index in [1.807, 2.05) is 9.80 Å². The molecule has 10 nitrogen and oxygen atoms in total. The summed E-state index contributed by atoms with van der Waals surface area (Å²) in [4.78, 5) is 3.80. The fourth-order valence-electron chi connectivity index (χ4n) is 3.22. The van der Waals surface area contributed by atoms with Crippen LogP contribution < -0.4 is 10.6 Å². The highest BCUT2D eigenvalue weighted by Crippen LogP contribution is 2.09. The third-order valence-corrected chi connectivity index (χ3v) is 4.88. The van der Waals surface area contributed by atoms with Crippen molar-refractivity contribution in [2.75, 3.05) is 78.8 Å². The standard InChI is InChI=1S/C16H36N4O6.CH4/c21-9-13(15(25)11-23)19-5-3-17-1-2-18-4-6-20(8-7-19)14(10-22)16(26)12-24;/h13-18,21-26H,1-12H2;1H4. The second kappa shape index (κ2) is 15.5. The number of rotatable bonds is 8. The Hall–Kier alpha value is -0.400. The minimum Gasteiger partial charge on any atom is -0.395 e. The smallest absolute Gasteiger partial charge is 0.0947 e. The van der Waals surface area contributed by atoms with E-state index in [0.717, 1.165) is 13.1 Å². The molecule has 0 aliphatic carbocycles. The van der Waals surface area contributed by atoms with Crippen LogP contribution in [0.25, 0.3) is 0 Å². The maximum atomic E-state index is 10.00. The highest BCUT2D eigenvalue weighted by molar-refractivity contribution is 4.83. The minimum atomic E-state index is -1.06. The summed E-state index contributed by atoms with van der Waals surface area (Å²) in [6.07, 6.45) is -2.11. The molecule has 0 amide bonds. The van der Waals surface area contributed by atoms with Crippen LogP contribution in [0.5, 0.6) is 0 Å². The van der Waals surface area contributed by atoms with Crippen molar-refractivity contribution in [3.8, 4) is 0 Å². The minimum absolute atomic E-state index is 0. The lowest BCUT2D eigenvalue weighted by molar-refractivity contribution is -0.0332. The van der Waals surface area contributed by atoms with E-state index in [-0.39, 0.29) is 20.6 Å². The Morgan fingerprint density at radius 2 is 0.963 bits per heavy atom. The SMILES string of the molecule is C.OCC(O)C(CO)N1CCNCCNCCN(C(CO)C(O)CO)CC1. The van der Waals surface area contributed by atoms with Gasteiger partial charge >= 0.3 is 0 Å². The van der Waals surface area contributed by atoms with E-state index in [9.17, 15) is 30.6 Å². The second-order valence-electron chi connectivity index (χ2n) is 6.57. The third-order valence-electron chi connectivity index (χ3n) is 4.88. The van der Waals surface area contributed by atoms with Gasteiger partial charge in [0, 0.05) is 52.4 Å². The molecule has 4 unspecified atom stereocenters. The van der Waals surface area contributed by atoms with Gasteiger partial charge in [-0.1, -0.05) is 7.43 Å². The first-order chi connectivity index (χ1) is 12.6. The van der Waals surface area contributed by atoms with Gasteiger partial charge < -0.3 is 41.3 Å². The Kier molecular flexibility index (Phi) is 15.3. The summed E-state index contributed by atoms with van der Waals surface area (Å²) in [5, 5.41) is 64.3. The molecule has 0 spiro atoms. The fraction of sp³-hybridized carbons (Fsp3) is 1.00. The summed E-state index contributed by atoms with van der Waals surface area (Å²) < 4.78 is 0. The average molecular weight is 397 g/mol. The van der Waals surface area contributed by atoms with E-state index in [0.29, 0.717) is 39.3 Å². The van der Waals surface area contributed by atoms with Crippen molar-refractivity contribution in [3.63, 3.8) is 0 Å². The topological polar surface area (TPSA) is 152 Å². The molecule has 0 bridgehead atoms. The predicted octanol–water partition coefficient (Wildman–Crippen LogP) is -4.15. The van der Waals surface area contributed by atoms with E-state index in [1.165, 1.54) is 0 Å². The van der Waals surface area contributed by atoms with E-state index in [1.54, 1.807) is 0 Å². The van der Waals surface area contributed by atoms with Crippen LogP contribution >= 0.6 is 0 Å². The van der Waals surface area contributed by atoms with E-state index >= 15 is 0 Å². The lowest BCUT2D eigenvalue weighted by Gasteiger charge is -2.38. The average Bonchev–Trinajstić information content (AvgIpc) is 2.65. The van der Waals surface area contributed by atoms with Crippen molar-refractivity contribution < 1.29 is 30.6 Å². The summed E-state index contributed by atoms with van der Waals surface area (Å²) in [5.41, 5.74) is 0. The summed E-state index contributed by atoms with van der Waals surface area (Å²) in [6.45, 7) is 3.50. The highest BCUT2D eigenvalue weighted by Gasteiger charge is 2.28. The molecule has 10 heteroatoms. The van der Waals surface area contributed by atoms with Crippen molar-refractivity contribution in [1.29, 1.82) is 0 Å². The van der Waals surface area contributed by atoms with E-state index in [4.69, 9.17) is 0 Å². The molecule has 1 aliphatic rings. The van der Waals surface area contributed by atoms with Gasteiger partial charge in [-0.3, -0.25) is 9.80 Å². The Morgan fingerprint density at radius 1 is 0.593 bits per heavy atom. The maximum absolute atomic E-state index is 10.00. The normalized spacial score (nSPS) is 23.3. The van der Waals surface area contributed by atoms with Gasteiger partial charge in [-0.25, -0.2) is 0 Å². The Morgan fingerprint density at radius 3 is 1.26 bits per heavy atom. The van der Waals surface area contributed by atoms with Crippen molar-refractivity contribution in [2.24, 2.45) is 0 Å². The van der Waals surface area contributed by atoms with Gasteiger partial charge in [0.2, 0.25) is 0 Å². The van der Waals surface area contributed by atoms with Gasteiger partial charge in [-0.2, -0.15) is 0 Å². The zero-order valence-corrected chi connectivity index (χ0v) is 15.4. The van der Waals surface area contributed by atoms with Gasteiger partial charge in [0.25, 0.3) is 0 Å². The Balaban J connectivity index is 0.00000676. The van der Waals surface area contributed by atoms with Crippen molar-refractivity contribution >= 4 is 0 Å². The van der Waals surface area contributed by atoms with Crippen LogP contribution in [0.1, 0.15) is 7.43 Å². The van der Waals surface area contributed by atoms with Gasteiger partial charge in [0.15, 0.2) is 0 Å². The molecular formula is C17H40N4O6. The summed E-state index contributed by atoms with van der Waals surface area (Å²) in [7, 11) is 0. The lowest BCUT2D eigenvalue weighted by atomic mass is 10.1. The first-order valence-corrected chi connectivity index (χ1v) is 9.28. The van der Waals surface area contributed by atoms with Crippen molar-refractivity contribution in [2.45, 2.75) is 31.7 Å². The number of aliphatic hydroxyl groups is 6.